The van der Waals surface area contributed by atoms with Gasteiger partial charge in [-0.25, -0.2) is 0 Å². The van der Waals surface area contributed by atoms with E-state index in [1.165, 1.54) is 32.1 Å². The van der Waals surface area contributed by atoms with Gasteiger partial charge >= 0.3 is 0 Å². The first-order chi connectivity index (χ1) is 9.26. The van der Waals surface area contributed by atoms with E-state index in [9.17, 15) is 4.79 Å². The Bertz CT molecular complexity index is 282. The van der Waals surface area contributed by atoms with Crippen molar-refractivity contribution in [2.24, 2.45) is 5.92 Å². The van der Waals surface area contributed by atoms with Gasteiger partial charge in [-0.15, -0.1) is 0 Å². The van der Waals surface area contributed by atoms with Crippen LogP contribution < -0.4 is 5.32 Å². The standard InChI is InChI=1S/C15H26BrNO2/c16-12-15(8-10-19-11-9-15)17-14(18)13-6-4-2-1-3-5-7-13/h13H,1-12H2,(H,17,18). The molecule has 0 spiro atoms. The molecule has 2 aliphatic rings. The van der Waals surface area contributed by atoms with Crippen molar-refractivity contribution in [3.05, 3.63) is 0 Å². The number of hydrogen-bond acceptors (Lipinski definition) is 2. The quantitative estimate of drug-likeness (QED) is 0.805. The lowest BCUT2D eigenvalue weighted by molar-refractivity contribution is -0.128. The zero-order valence-corrected chi connectivity index (χ0v) is 13.3. The Hall–Kier alpha value is -0.0900. The topological polar surface area (TPSA) is 38.3 Å². The van der Waals surface area contributed by atoms with Crippen molar-refractivity contribution in [2.75, 3.05) is 18.5 Å². The average molecular weight is 332 g/mol. The summed E-state index contributed by atoms with van der Waals surface area (Å²) >= 11 is 3.58. The van der Waals surface area contributed by atoms with Gasteiger partial charge in [0.25, 0.3) is 0 Å². The fourth-order valence-electron chi connectivity index (χ4n) is 3.14. The molecular weight excluding hydrogens is 306 g/mol. The smallest absolute Gasteiger partial charge is 0.223 e. The third kappa shape index (κ3) is 4.45. The zero-order valence-electron chi connectivity index (χ0n) is 11.8. The maximum atomic E-state index is 12.5. The second kappa shape index (κ2) is 7.63. The molecule has 0 radical (unpaired) electrons. The highest BCUT2D eigenvalue weighted by Gasteiger charge is 2.34. The third-order valence-electron chi connectivity index (χ3n) is 4.57. The molecule has 19 heavy (non-hydrogen) atoms. The maximum absolute atomic E-state index is 12.5. The van der Waals surface area contributed by atoms with E-state index in [-0.39, 0.29) is 17.4 Å². The molecular formula is C15H26BrNO2. The number of rotatable bonds is 3. The molecule has 0 bridgehead atoms. The molecule has 1 saturated heterocycles. The molecule has 1 aliphatic carbocycles. The fourth-order valence-corrected chi connectivity index (χ4v) is 3.84. The molecule has 1 heterocycles. The van der Waals surface area contributed by atoms with Gasteiger partial charge in [-0.3, -0.25) is 4.79 Å². The van der Waals surface area contributed by atoms with Crippen molar-refractivity contribution in [2.45, 2.75) is 63.3 Å². The second-order valence-electron chi connectivity index (χ2n) is 6.06. The summed E-state index contributed by atoms with van der Waals surface area (Å²) in [6.07, 6.45) is 10.3. The van der Waals surface area contributed by atoms with Crippen LogP contribution in [0.2, 0.25) is 0 Å². The van der Waals surface area contributed by atoms with E-state index in [0.717, 1.165) is 44.2 Å². The molecule has 4 heteroatoms. The normalized spacial score (nSPS) is 25.3. The first-order valence-electron chi connectivity index (χ1n) is 7.71. The van der Waals surface area contributed by atoms with Crippen LogP contribution >= 0.6 is 15.9 Å². The summed E-state index contributed by atoms with van der Waals surface area (Å²) in [5.74, 6) is 0.516. The summed E-state index contributed by atoms with van der Waals surface area (Å²) in [4.78, 5) is 12.5. The first-order valence-corrected chi connectivity index (χ1v) is 8.84. The number of nitrogens with one attached hydrogen (secondary N) is 1. The minimum absolute atomic E-state index is 0.0717. The second-order valence-corrected chi connectivity index (χ2v) is 6.62. The Labute approximate surface area is 125 Å². The lowest BCUT2D eigenvalue weighted by atomic mass is 9.87. The molecule has 0 unspecified atom stereocenters. The van der Waals surface area contributed by atoms with E-state index < -0.39 is 0 Å². The highest BCUT2D eigenvalue weighted by molar-refractivity contribution is 9.09. The third-order valence-corrected chi connectivity index (χ3v) is 5.64. The van der Waals surface area contributed by atoms with Gasteiger partial charge in [0.05, 0.1) is 5.54 Å². The van der Waals surface area contributed by atoms with E-state index in [1.807, 2.05) is 0 Å². The summed E-state index contributed by atoms with van der Waals surface area (Å²) in [7, 11) is 0. The van der Waals surface area contributed by atoms with Crippen molar-refractivity contribution in [3.63, 3.8) is 0 Å². The number of halogens is 1. The molecule has 110 valence electrons. The molecule has 0 aromatic carbocycles. The van der Waals surface area contributed by atoms with Crippen LogP contribution in [0, 0.1) is 5.92 Å². The van der Waals surface area contributed by atoms with Gasteiger partial charge in [-0.2, -0.15) is 0 Å². The molecule has 1 saturated carbocycles. The van der Waals surface area contributed by atoms with Gasteiger partial charge in [0.15, 0.2) is 0 Å². The van der Waals surface area contributed by atoms with Crippen LogP contribution in [-0.2, 0) is 9.53 Å². The van der Waals surface area contributed by atoms with Crippen LogP contribution in [0.5, 0.6) is 0 Å². The van der Waals surface area contributed by atoms with Crippen LogP contribution in [-0.4, -0.2) is 30.0 Å². The zero-order chi connectivity index (χ0) is 13.6. The van der Waals surface area contributed by atoms with E-state index in [4.69, 9.17) is 4.74 Å². The molecule has 0 aromatic rings. The molecule has 1 aliphatic heterocycles. The van der Waals surface area contributed by atoms with Gasteiger partial charge in [0.2, 0.25) is 5.91 Å². The summed E-state index contributed by atoms with van der Waals surface area (Å²) in [6.45, 7) is 1.52. The molecule has 2 rings (SSSR count). The minimum atomic E-state index is -0.0717. The first kappa shape index (κ1) is 15.3. The number of carbonyl (C=O) groups excluding carboxylic acids is 1. The molecule has 3 nitrogen and oxygen atoms in total. The van der Waals surface area contributed by atoms with Gasteiger partial charge in [-0.1, -0.05) is 48.0 Å². The summed E-state index contributed by atoms with van der Waals surface area (Å²) in [6, 6.07) is 0. The van der Waals surface area contributed by atoms with Gasteiger partial charge in [0, 0.05) is 24.5 Å². The van der Waals surface area contributed by atoms with E-state index in [0.29, 0.717) is 0 Å². The Kier molecular flexibility index (Phi) is 6.14. The van der Waals surface area contributed by atoms with Crippen LogP contribution in [0.25, 0.3) is 0 Å². The SMILES string of the molecule is O=C(NC1(CBr)CCOCC1)C1CCCCCCC1. The van der Waals surface area contributed by atoms with Gasteiger partial charge in [0.1, 0.15) is 0 Å². The molecule has 0 atom stereocenters. The minimum Gasteiger partial charge on any atom is -0.381 e. The fraction of sp³-hybridized carbons (Fsp3) is 0.933. The monoisotopic (exact) mass is 331 g/mol. The predicted molar refractivity (Wildman–Crippen MR) is 80.5 cm³/mol. The Morgan fingerprint density at radius 1 is 1.11 bits per heavy atom. The van der Waals surface area contributed by atoms with E-state index >= 15 is 0 Å². The van der Waals surface area contributed by atoms with Crippen LogP contribution in [0.3, 0.4) is 0 Å². The number of ether oxygens (including phenoxy) is 1. The number of alkyl halides is 1. The molecule has 0 aromatic heterocycles. The largest absolute Gasteiger partial charge is 0.381 e. The van der Waals surface area contributed by atoms with Crippen molar-refractivity contribution in [1.29, 1.82) is 0 Å². The van der Waals surface area contributed by atoms with Crippen molar-refractivity contribution >= 4 is 21.8 Å². The summed E-state index contributed by atoms with van der Waals surface area (Å²) in [5, 5.41) is 4.17. The summed E-state index contributed by atoms with van der Waals surface area (Å²) in [5.41, 5.74) is -0.0717. The summed E-state index contributed by atoms with van der Waals surface area (Å²) < 4.78 is 5.42. The van der Waals surface area contributed by atoms with Crippen LogP contribution in [0.4, 0.5) is 0 Å². The number of carbonyl (C=O) groups is 1. The maximum Gasteiger partial charge on any atom is 0.223 e. The van der Waals surface area contributed by atoms with Crippen LogP contribution in [0.15, 0.2) is 0 Å². The highest BCUT2D eigenvalue weighted by Crippen LogP contribution is 2.27. The van der Waals surface area contributed by atoms with Crippen molar-refractivity contribution in [3.8, 4) is 0 Å². The Balaban J connectivity index is 1.90. The van der Waals surface area contributed by atoms with Gasteiger partial charge in [-0.05, 0) is 25.7 Å². The van der Waals surface area contributed by atoms with E-state index in [1.54, 1.807) is 0 Å². The van der Waals surface area contributed by atoms with Crippen LogP contribution in [0.1, 0.15) is 57.8 Å². The highest BCUT2D eigenvalue weighted by atomic mass is 79.9. The molecule has 1 amide bonds. The Morgan fingerprint density at radius 2 is 1.68 bits per heavy atom. The van der Waals surface area contributed by atoms with Crippen molar-refractivity contribution in [1.82, 2.24) is 5.32 Å². The Morgan fingerprint density at radius 3 is 2.26 bits per heavy atom. The van der Waals surface area contributed by atoms with Gasteiger partial charge < -0.3 is 10.1 Å². The predicted octanol–water partition coefficient (Wildman–Crippen LogP) is 3.41. The lowest BCUT2D eigenvalue weighted by Gasteiger charge is -2.37. The average Bonchev–Trinajstić information content (AvgIpc) is 2.39. The molecule has 2 fully saturated rings. The lowest BCUT2D eigenvalue weighted by Crippen LogP contribution is -2.54. The van der Waals surface area contributed by atoms with E-state index in [2.05, 4.69) is 21.2 Å². The number of amides is 1. The van der Waals surface area contributed by atoms with Crippen molar-refractivity contribution < 1.29 is 9.53 Å². The molecule has 1 N–H and O–H groups in total. The number of hydrogen-bond donors (Lipinski definition) is 1.